The first-order chi connectivity index (χ1) is 9.51. The predicted molar refractivity (Wildman–Crippen MR) is 71.7 cm³/mol. The molecule has 2 aromatic carbocycles. The smallest absolute Gasteiger partial charge is 0.255 e. The molecule has 0 heterocycles. The van der Waals surface area contributed by atoms with Crippen LogP contribution >= 0.6 is 0 Å². The van der Waals surface area contributed by atoms with Gasteiger partial charge >= 0.3 is 0 Å². The molecule has 4 nitrogen and oxygen atoms in total. The fourth-order valence-electron chi connectivity index (χ4n) is 1.63. The molecule has 0 spiro atoms. The van der Waals surface area contributed by atoms with Gasteiger partial charge in [-0.1, -0.05) is 0 Å². The topological polar surface area (TPSA) is 64.3 Å². The van der Waals surface area contributed by atoms with Crippen molar-refractivity contribution in [3.8, 4) is 5.75 Å². The Labute approximate surface area is 114 Å². The Morgan fingerprint density at radius 2 is 1.90 bits per heavy atom. The van der Waals surface area contributed by atoms with E-state index in [9.17, 15) is 13.6 Å². The first-order valence-corrected chi connectivity index (χ1v) is 5.71. The van der Waals surface area contributed by atoms with Crippen LogP contribution < -0.4 is 15.8 Å². The molecule has 2 aromatic rings. The fraction of sp³-hybridized carbons (Fsp3) is 0.0714. The minimum Gasteiger partial charge on any atom is -0.494 e. The van der Waals surface area contributed by atoms with Crippen LogP contribution in [0, 0.1) is 11.6 Å². The van der Waals surface area contributed by atoms with Crippen LogP contribution in [0.15, 0.2) is 36.4 Å². The molecule has 104 valence electrons. The lowest BCUT2D eigenvalue weighted by Gasteiger charge is -2.08. The minimum absolute atomic E-state index is 0.00695. The van der Waals surface area contributed by atoms with E-state index < -0.39 is 17.5 Å². The molecular weight excluding hydrogens is 266 g/mol. The van der Waals surface area contributed by atoms with Gasteiger partial charge in [-0.3, -0.25) is 4.79 Å². The summed E-state index contributed by atoms with van der Waals surface area (Å²) in [5.41, 5.74) is 5.81. The average molecular weight is 278 g/mol. The van der Waals surface area contributed by atoms with Crippen molar-refractivity contribution in [2.75, 3.05) is 18.2 Å². The molecule has 0 atom stereocenters. The van der Waals surface area contributed by atoms with Crippen LogP contribution in [-0.2, 0) is 0 Å². The summed E-state index contributed by atoms with van der Waals surface area (Å²) in [6.07, 6.45) is 0. The van der Waals surface area contributed by atoms with Gasteiger partial charge < -0.3 is 15.8 Å². The van der Waals surface area contributed by atoms with E-state index in [1.807, 2.05) is 0 Å². The molecule has 0 aliphatic carbocycles. The summed E-state index contributed by atoms with van der Waals surface area (Å²) in [7, 11) is 1.29. The Morgan fingerprint density at radius 3 is 2.55 bits per heavy atom. The number of nitrogens with two attached hydrogens (primary N) is 1. The first-order valence-electron chi connectivity index (χ1n) is 5.71. The number of halogens is 2. The molecule has 0 radical (unpaired) electrons. The highest BCUT2D eigenvalue weighted by molar-refractivity contribution is 6.04. The average Bonchev–Trinajstić information content (AvgIpc) is 2.42. The number of carbonyl (C=O) groups is 1. The normalized spacial score (nSPS) is 10.2. The van der Waals surface area contributed by atoms with Gasteiger partial charge in [0.05, 0.1) is 12.8 Å². The second-order valence-electron chi connectivity index (χ2n) is 4.04. The third-order valence-corrected chi connectivity index (χ3v) is 2.65. The van der Waals surface area contributed by atoms with Gasteiger partial charge in [0, 0.05) is 11.3 Å². The standard InChI is InChI=1S/C14H12F2N2O2/c1-20-13-6-8(2-4-10(13)15)14(19)18-12-5-3-9(17)7-11(12)16/h2-7H,17H2,1H3,(H,18,19). The summed E-state index contributed by atoms with van der Waals surface area (Å²) in [6.45, 7) is 0. The second-order valence-corrected chi connectivity index (χ2v) is 4.04. The predicted octanol–water partition coefficient (Wildman–Crippen LogP) is 2.81. The summed E-state index contributed by atoms with van der Waals surface area (Å²) in [5.74, 6) is -1.86. The number of methoxy groups -OCH3 is 1. The monoisotopic (exact) mass is 278 g/mol. The van der Waals surface area contributed by atoms with E-state index in [4.69, 9.17) is 10.5 Å². The molecule has 2 rings (SSSR count). The van der Waals surface area contributed by atoms with Gasteiger partial charge in [0.2, 0.25) is 0 Å². The number of amides is 1. The van der Waals surface area contributed by atoms with Crippen molar-refractivity contribution in [1.82, 2.24) is 0 Å². The summed E-state index contributed by atoms with van der Waals surface area (Å²) < 4.78 is 31.6. The summed E-state index contributed by atoms with van der Waals surface area (Å²) in [4.78, 5) is 11.9. The molecule has 6 heteroatoms. The first kappa shape index (κ1) is 13.8. The van der Waals surface area contributed by atoms with E-state index in [1.54, 1.807) is 0 Å². The highest BCUT2D eigenvalue weighted by Gasteiger charge is 2.12. The van der Waals surface area contributed by atoms with Crippen molar-refractivity contribution < 1.29 is 18.3 Å². The van der Waals surface area contributed by atoms with Crippen LogP contribution in [-0.4, -0.2) is 13.0 Å². The Bertz CT molecular complexity index is 660. The quantitative estimate of drug-likeness (QED) is 0.848. The van der Waals surface area contributed by atoms with Gasteiger partial charge in [0.1, 0.15) is 5.82 Å². The SMILES string of the molecule is COc1cc(C(=O)Nc2ccc(N)cc2F)ccc1F. The minimum atomic E-state index is -0.646. The van der Waals surface area contributed by atoms with Crippen LogP contribution in [0.2, 0.25) is 0 Å². The molecule has 0 aliphatic rings. The molecule has 1 amide bonds. The van der Waals surface area contributed by atoms with Crippen LogP contribution in [0.4, 0.5) is 20.2 Å². The zero-order chi connectivity index (χ0) is 14.7. The lowest BCUT2D eigenvalue weighted by Crippen LogP contribution is -2.13. The second kappa shape index (κ2) is 5.56. The molecule has 0 unspecified atom stereocenters. The molecule has 0 saturated carbocycles. The van der Waals surface area contributed by atoms with E-state index in [1.165, 1.54) is 31.4 Å². The van der Waals surface area contributed by atoms with E-state index in [0.717, 1.165) is 12.1 Å². The largest absolute Gasteiger partial charge is 0.494 e. The van der Waals surface area contributed by atoms with Crippen LogP contribution in [0.1, 0.15) is 10.4 Å². The van der Waals surface area contributed by atoms with Crippen molar-refractivity contribution in [2.45, 2.75) is 0 Å². The van der Waals surface area contributed by atoms with E-state index in [2.05, 4.69) is 5.32 Å². The van der Waals surface area contributed by atoms with Crippen LogP contribution in [0.25, 0.3) is 0 Å². The van der Waals surface area contributed by atoms with Gasteiger partial charge in [-0.05, 0) is 36.4 Å². The maximum atomic E-state index is 13.6. The number of carbonyl (C=O) groups excluding carboxylic acids is 1. The molecule has 0 aromatic heterocycles. The maximum absolute atomic E-state index is 13.6. The number of anilines is 2. The Hall–Kier alpha value is -2.63. The van der Waals surface area contributed by atoms with Gasteiger partial charge in [-0.25, -0.2) is 8.78 Å². The maximum Gasteiger partial charge on any atom is 0.255 e. The summed E-state index contributed by atoms with van der Waals surface area (Å²) in [5, 5.41) is 2.38. The molecule has 0 saturated heterocycles. The Balaban J connectivity index is 2.24. The Morgan fingerprint density at radius 1 is 1.15 bits per heavy atom. The number of nitrogens with one attached hydrogen (secondary N) is 1. The zero-order valence-electron chi connectivity index (χ0n) is 10.6. The van der Waals surface area contributed by atoms with E-state index >= 15 is 0 Å². The van der Waals surface area contributed by atoms with Gasteiger partial charge in [0.15, 0.2) is 11.6 Å². The molecule has 20 heavy (non-hydrogen) atoms. The highest BCUT2D eigenvalue weighted by atomic mass is 19.1. The van der Waals surface area contributed by atoms with Crippen molar-refractivity contribution in [3.63, 3.8) is 0 Å². The van der Waals surface area contributed by atoms with Crippen molar-refractivity contribution in [3.05, 3.63) is 53.6 Å². The van der Waals surface area contributed by atoms with E-state index in [-0.39, 0.29) is 22.7 Å². The summed E-state index contributed by atoms with van der Waals surface area (Å²) in [6, 6.07) is 7.53. The number of nitrogen functional groups attached to an aromatic ring is 1. The van der Waals surface area contributed by atoms with Crippen molar-refractivity contribution in [2.24, 2.45) is 0 Å². The van der Waals surface area contributed by atoms with E-state index in [0.29, 0.717) is 0 Å². The highest BCUT2D eigenvalue weighted by Crippen LogP contribution is 2.21. The van der Waals surface area contributed by atoms with Gasteiger partial charge in [0.25, 0.3) is 5.91 Å². The molecule has 0 bridgehead atoms. The number of hydrogen-bond acceptors (Lipinski definition) is 3. The third-order valence-electron chi connectivity index (χ3n) is 2.65. The fourth-order valence-corrected chi connectivity index (χ4v) is 1.63. The van der Waals surface area contributed by atoms with Crippen LogP contribution in [0.3, 0.4) is 0 Å². The number of rotatable bonds is 3. The van der Waals surface area contributed by atoms with Crippen LogP contribution in [0.5, 0.6) is 5.75 Å². The zero-order valence-corrected chi connectivity index (χ0v) is 10.6. The number of ether oxygens (including phenoxy) is 1. The number of benzene rings is 2. The van der Waals surface area contributed by atoms with Gasteiger partial charge in [-0.15, -0.1) is 0 Å². The van der Waals surface area contributed by atoms with Crippen molar-refractivity contribution >= 4 is 17.3 Å². The molecule has 0 aliphatic heterocycles. The lowest BCUT2D eigenvalue weighted by molar-refractivity contribution is 0.102. The lowest BCUT2D eigenvalue weighted by atomic mass is 10.2. The number of hydrogen-bond donors (Lipinski definition) is 2. The Kier molecular flexibility index (Phi) is 3.84. The molecule has 0 fully saturated rings. The summed E-state index contributed by atoms with van der Waals surface area (Å²) >= 11 is 0. The van der Waals surface area contributed by atoms with Gasteiger partial charge in [-0.2, -0.15) is 0 Å². The molecule has 3 N–H and O–H groups in total. The van der Waals surface area contributed by atoms with Crippen molar-refractivity contribution in [1.29, 1.82) is 0 Å². The molecular formula is C14H12F2N2O2. The third kappa shape index (κ3) is 2.85.